The Morgan fingerprint density at radius 1 is 1.32 bits per heavy atom. The standard InChI is InChI=1S/C17H26ClN/c1-13(2)12-16(19(3)4)17(10-5-11-17)14-6-8-15(18)9-7-14/h6-9,13,16H,5,10-12H2,1-4H3/i5D2,6D,7D,8D,9D,10D2,11D2. The zero-order valence-electron chi connectivity index (χ0n) is 21.7. The van der Waals surface area contributed by atoms with Crippen LogP contribution in [0, 0.1) is 5.92 Å². The van der Waals surface area contributed by atoms with E-state index >= 15 is 0 Å². The van der Waals surface area contributed by atoms with Crippen molar-refractivity contribution in [2.75, 3.05) is 14.1 Å². The van der Waals surface area contributed by atoms with E-state index in [1.54, 1.807) is 19.0 Å². The van der Waals surface area contributed by atoms with E-state index in [2.05, 4.69) is 0 Å². The Hall–Kier alpha value is -0.530. The first-order valence-corrected chi connectivity index (χ1v) is 6.73. The first-order valence-electron chi connectivity index (χ1n) is 11.4. The van der Waals surface area contributed by atoms with Crippen molar-refractivity contribution in [1.82, 2.24) is 4.90 Å². The third kappa shape index (κ3) is 2.98. The van der Waals surface area contributed by atoms with Gasteiger partial charge in [-0.15, -0.1) is 0 Å². The topological polar surface area (TPSA) is 3.24 Å². The van der Waals surface area contributed by atoms with E-state index in [1.807, 2.05) is 13.8 Å². The highest BCUT2D eigenvalue weighted by atomic mass is 35.5. The van der Waals surface area contributed by atoms with Crippen molar-refractivity contribution < 1.29 is 13.7 Å². The number of hydrogen-bond acceptors (Lipinski definition) is 1. The molecule has 1 saturated carbocycles. The summed E-state index contributed by atoms with van der Waals surface area (Å²) in [5.74, 6) is -0.0287. The van der Waals surface area contributed by atoms with Crippen molar-refractivity contribution in [2.45, 2.75) is 50.8 Å². The number of hydrogen-bond donors (Lipinski definition) is 0. The molecule has 1 aliphatic rings. The van der Waals surface area contributed by atoms with Crippen LogP contribution in [0.2, 0.25) is 5.02 Å². The third-order valence-electron chi connectivity index (χ3n) is 3.33. The number of nitrogens with zero attached hydrogens (tertiary/aromatic N) is 1. The molecule has 2 heteroatoms. The minimum atomic E-state index is -2.91. The number of benzene rings is 1. The van der Waals surface area contributed by atoms with Gasteiger partial charge in [0.2, 0.25) is 0 Å². The molecule has 19 heavy (non-hydrogen) atoms. The van der Waals surface area contributed by atoms with E-state index in [9.17, 15) is 0 Å². The lowest BCUT2D eigenvalue weighted by atomic mass is 9.58. The van der Waals surface area contributed by atoms with Gasteiger partial charge in [0.1, 0.15) is 0 Å². The second-order valence-corrected chi connectivity index (χ2v) is 5.86. The fourth-order valence-electron chi connectivity index (χ4n) is 2.37. The predicted molar refractivity (Wildman–Crippen MR) is 83.9 cm³/mol. The van der Waals surface area contributed by atoms with E-state index in [0.29, 0.717) is 0 Å². The second kappa shape index (κ2) is 5.85. The minimum Gasteiger partial charge on any atom is -0.306 e. The van der Waals surface area contributed by atoms with E-state index < -0.39 is 65.3 Å². The molecule has 1 nitrogen and oxygen atoms in total. The molecule has 0 bridgehead atoms. The monoisotopic (exact) mass is 289 g/mol. The first-order chi connectivity index (χ1) is 12.9. The van der Waals surface area contributed by atoms with Crippen LogP contribution < -0.4 is 0 Å². The molecule has 0 amide bonds. The summed E-state index contributed by atoms with van der Waals surface area (Å²) in [7, 11) is 3.22. The molecule has 0 aromatic heterocycles. The van der Waals surface area contributed by atoms with E-state index in [4.69, 9.17) is 25.3 Å². The molecule has 1 unspecified atom stereocenters. The Morgan fingerprint density at radius 2 is 1.89 bits per heavy atom. The van der Waals surface area contributed by atoms with Crippen molar-refractivity contribution in [1.29, 1.82) is 0 Å². The molecular weight excluding hydrogens is 254 g/mol. The summed E-state index contributed by atoms with van der Waals surface area (Å²) in [6.45, 7) is 3.72. The zero-order chi connectivity index (χ0) is 22.9. The molecule has 1 atom stereocenters. The number of rotatable bonds is 5. The summed E-state index contributed by atoms with van der Waals surface area (Å²) in [5.41, 5.74) is -2.76. The number of halogens is 1. The fraction of sp³-hybridized carbons (Fsp3) is 0.647. The summed E-state index contributed by atoms with van der Waals surface area (Å²) in [4.78, 5) is 1.58. The van der Waals surface area contributed by atoms with Crippen molar-refractivity contribution in [2.24, 2.45) is 5.92 Å². The summed E-state index contributed by atoms with van der Waals surface area (Å²) >= 11 is 5.91. The molecule has 2 rings (SSSR count). The summed E-state index contributed by atoms with van der Waals surface area (Å²) in [6, 6.07) is -3.42. The van der Waals surface area contributed by atoms with Crippen LogP contribution >= 0.6 is 11.6 Å². The second-order valence-electron chi connectivity index (χ2n) is 5.48. The van der Waals surface area contributed by atoms with Gasteiger partial charge in [-0.3, -0.25) is 0 Å². The van der Waals surface area contributed by atoms with Gasteiger partial charge in [0.25, 0.3) is 0 Å². The van der Waals surface area contributed by atoms with Gasteiger partial charge < -0.3 is 4.90 Å². The van der Waals surface area contributed by atoms with Crippen LogP contribution in [0.15, 0.2) is 24.2 Å². The average Bonchev–Trinajstić information content (AvgIpc) is 2.58. The van der Waals surface area contributed by atoms with E-state index in [-0.39, 0.29) is 12.3 Å². The van der Waals surface area contributed by atoms with Gasteiger partial charge in [0, 0.05) is 24.7 Å². The normalized spacial score (nSPS) is 35.1. The summed E-state index contributed by atoms with van der Waals surface area (Å²) in [5, 5.41) is -0.437. The third-order valence-corrected chi connectivity index (χ3v) is 3.51. The lowest BCUT2D eigenvalue weighted by molar-refractivity contribution is 0.0808. The van der Waals surface area contributed by atoms with Gasteiger partial charge in [-0.05, 0) is 56.8 Å². The van der Waals surface area contributed by atoms with Gasteiger partial charge >= 0.3 is 0 Å². The highest BCUT2D eigenvalue weighted by molar-refractivity contribution is 6.30. The molecule has 0 N–H and O–H groups in total. The lowest BCUT2D eigenvalue weighted by Crippen LogP contribution is -2.52. The van der Waals surface area contributed by atoms with Crippen LogP contribution in [-0.2, 0) is 5.41 Å². The van der Waals surface area contributed by atoms with Crippen molar-refractivity contribution in [3.05, 3.63) is 34.8 Å². The maximum absolute atomic E-state index is 8.63. The van der Waals surface area contributed by atoms with Gasteiger partial charge in [0.05, 0.1) is 5.48 Å². The van der Waals surface area contributed by atoms with Gasteiger partial charge in [-0.25, -0.2) is 0 Å². The average molecular weight is 290 g/mol. The van der Waals surface area contributed by atoms with Crippen molar-refractivity contribution in [3.63, 3.8) is 0 Å². The molecule has 0 saturated heterocycles. The largest absolute Gasteiger partial charge is 0.306 e. The molecule has 1 aromatic carbocycles. The predicted octanol–water partition coefficient (Wildman–Crippen LogP) is 4.74. The van der Waals surface area contributed by atoms with Gasteiger partial charge in [-0.1, -0.05) is 43.9 Å². The van der Waals surface area contributed by atoms with Crippen LogP contribution in [0.25, 0.3) is 0 Å². The molecule has 1 aliphatic carbocycles. The SMILES string of the molecule is [2H]c1c([2H])c(C2(C(CC(C)C)N(C)C)C([2H])([2H])C([2H])([2H])C2([2H])[2H])c([2H])c([2H])c1Cl. The van der Waals surface area contributed by atoms with Crippen molar-refractivity contribution in [3.8, 4) is 0 Å². The Kier molecular flexibility index (Phi) is 2.00. The Bertz CT molecular complexity index is 774. The quantitative estimate of drug-likeness (QED) is 0.757. The smallest absolute Gasteiger partial charge is 0.0639 e. The lowest BCUT2D eigenvalue weighted by Gasteiger charge is -2.51. The molecule has 0 aliphatic heterocycles. The van der Waals surface area contributed by atoms with Crippen LogP contribution in [0.4, 0.5) is 0 Å². The van der Waals surface area contributed by atoms with Crippen LogP contribution in [0.5, 0.6) is 0 Å². The van der Waals surface area contributed by atoms with E-state index in [1.165, 1.54) is 0 Å². The van der Waals surface area contributed by atoms with Gasteiger partial charge in [0.15, 0.2) is 0 Å². The molecule has 0 heterocycles. The van der Waals surface area contributed by atoms with Crippen LogP contribution in [0.1, 0.15) is 58.7 Å². The molecule has 1 aromatic rings. The first kappa shape index (κ1) is 6.49. The maximum atomic E-state index is 8.63. The molecule has 1 fully saturated rings. The molecule has 106 valence electrons. The molecule has 0 radical (unpaired) electrons. The Morgan fingerprint density at radius 3 is 2.37 bits per heavy atom. The molecular formula is C17H26ClN. The summed E-state index contributed by atoms with van der Waals surface area (Å²) in [6.07, 6.45) is -8.28. The Labute approximate surface area is 137 Å². The number of likely N-dealkylation sites (N-methyl/N-ethyl adjacent to an activating group) is 1. The molecule has 0 spiro atoms. The highest BCUT2D eigenvalue weighted by Gasteiger charge is 2.46. The maximum Gasteiger partial charge on any atom is 0.0639 e. The van der Waals surface area contributed by atoms with E-state index in [0.717, 1.165) is 0 Å². The fourth-order valence-corrected chi connectivity index (χ4v) is 2.47. The van der Waals surface area contributed by atoms with Crippen molar-refractivity contribution >= 4 is 11.6 Å². The highest BCUT2D eigenvalue weighted by Crippen LogP contribution is 2.49. The summed E-state index contributed by atoms with van der Waals surface area (Å²) < 4.78 is 83.8. The van der Waals surface area contributed by atoms with Crippen LogP contribution in [-0.4, -0.2) is 25.0 Å². The van der Waals surface area contributed by atoms with Crippen LogP contribution in [0.3, 0.4) is 0 Å². The Balaban J connectivity index is 3.09. The zero-order valence-corrected chi connectivity index (χ0v) is 12.4. The minimum absolute atomic E-state index is 0.0287. The van der Waals surface area contributed by atoms with Gasteiger partial charge in [-0.2, -0.15) is 0 Å².